The lowest BCUT2D eigenvalue weighted by molar-refractivity contribution is 0.0697. The predicted molar refractivity (Wildman–Crippen MR) is 58.4 cm³/mol. The zero-order valence-corrected chi connectivity index (χ0v) is 8.73. The molecule has 0 saturated carbocycles. The lowest BCUT2D eigenvalue weighted by atomic mass is 10.2. The maximum atomic E-state index is 11.4. The van der Waals surface area contributed by atoms with Crippen LogP contribution in [0.5, 0.6) is 0 Å². The first-order chi connectivity index (χ1) is 7.59. The molecule has 2 N–H and O–H groups in total. The van der Waals surface area contributed by atoms with Gasteiger partial charge in [-0.3, -0.25) is 4.57 Å². The van der Waals surface area contributed by atoms with E-state index in [9.17, 15) is 9.59 Å². The molecule has 1 aromatic carbocycles. The number of rotatable bonds is 2. The molecule has 0 bridgehead atoms. The molecule has 6 heteroatoms. The Bertz CT molecular complexity index is 600. The third-order valence-electron chi connectivity index (χ3n) is 2.08. The molecule has 0 amide bonds. The molecular weight excluding hydrogens is 232 g/mol. The highest BCUT2D eigenvalue weighted by atomic mass is 35.5. The van der Waals surface area contributed by atoms with E-state index < -0.39 is 11.7 Å². The summed E-state index contributed by atoms with van der Waals surface area (Å²) in [6.45, 7) is 0. The Morgan fingerprint density at radius 1 is 1.44 bits per heavy atom. The van der Waals surface area contributed by atoms with Crippen molar-refractivity contribution in [1.29, 1.82) is 0 Å². The molecule has 0 aliphatic carbocycles. The number of imidazole rings is 1. The van der Waals surface area contributed by atoms with Gasteiger partial charge in [0.05, 0.1) is 11.3 Å². The molecule has 0 aliphatic rings. The number of carbonyl (C=O) groups is 1. The summed E-state index contributed by atoms with van der Waals surface area (Å²) >= 11 is 5.80. The smallest absolute Gasteiger partial charge is 0.335 e. The predicted octanol–water partition coefficient (Wildman–Crippen LogP) is 1.52. The summed E-state index contributed by atoms with van der Waals surface area (Å²) in [4.78, 5) is 24.6. The normalized spacial score (nSPS) is 10.3. The molecule has 82 valence electrons. The van der Waals surface area contributed by atoms with Crippen LogP contribution in [0, 0.1) is 0 Å². The average Bonchev–Trinajstić information content (AvgIpc) is 2.59. The minimum atomic E-state index is -1.05. The van der Waals surface area contributed by atoms with Crippen molar-refractivity contribution < 1.29 is 9.90 Å². The largest absolute Gasteiger partial charge is 0.478 e. The van der Waals surface area contributed by atoms with Crippen LogP contribution in [0.1, 0.15) is 10.4 Å². The van der Waals surface area contributed by atoms with Gasteiger partial charge >= 0.3 is 11.7 Å². The summed E-state index contributed by atoms with van der Waals surface area (Å²) in [7, 11) is 0. The fraction of sp³-hybridized carbons (Fsp3) is 0. The summed E-state index contributed by atoms with van der Waals surface area (Å²) in [5.41, 5.74) is 0.102. The van der Waals surface area contributed by atoms with Crippen LogP contribution in [0.2, 0.25) is 5.15 Å². The molecule has 0 aliphatic heterocycles. The van der Waals surface area contributed by atoms with Gasteiger partial charge in [0.2, 0.25) is 0 Å². The highest BCUT2D eigenvalue weighted by Gasteiger charge is 2.09. The van der Waals surface area contributed by atoms with Crippen LogP contribution in [0.25, 0.3) is 5.69 Å². The van der Waals surface area contributed by atoms with Gasteiger partial charge in [0.25, 0.3) is 0 Å². The lowest BCUT2D eigenvalue weighted by Gasteiger charge is -2.03. The standard InChI is InChI=1S/C10H7ClN2O3/c11-8-5-12-10(16)13(8)7-3-1-2-6(4-7)9(14)15/h1-5H,(H,12,16)(H,14,15). The van der Waals surface area contributed by atoms with Crippen molar-refractivity contribution in [2.24, 2.45) is 0 Å². The second-order valence-electron chi connectivity index (χ2n) is 3.11. The molecule has 0 radical (unpaired) electrons. The van der Waals surface area contributed by atoms with Crippen molar-refractivity contribution in [2.45, 2.75) is 0 Å². The number of carboxylic acid groups (broad SMARTS) is 1. The Kier molecular flexibility index (Phi) is 2.54. The Morgan fingerprint density at radius 2 is 2.19 bits per heavy atom. The molecule has 0 fully saturated rings. The van der Waals surface area contributed by atoms with Crippen molar-refractivity contribution in [3.8, 4) is 5.69 Å². The number of hydrogen-bond acceptors (Lipinski definition) is 2. The van der Waals surface area contributed by atoms with Gasteiger partial charge in [-0.1, -0.05) is 17.7 Å². The van der Waals surface area contributed by atoms with E-state index in [0.717, 1.165) is 0 Å². The summed E-state index contributed by atoms with van der Waals surface area (Å²) in [6, 6.07) is 5.98. The maximum absolute atomic E-state index is 11.4. The average molecular weight is 239 g/mol. The van der Waals surface area contributed by atoms with Crippen LogP contribution in [0.15, 0.2) is 35.3 Å². The second kappa shape index (κ2) is 3.86. The molecule has 2 aromatic rings. The summed E-state index contributed by atoms with van der Waals surface area (Å²) in [6.07, 6.45) is 1.34. The number of hydrogen-bond donors (Lipinski definition) is 2. The zero-order chi connectivity index (χ0) is 11.7. The minimum Gasteiger partial charge on any atom is -0.478 e. The quantitative estimate of drug-likeness (QED) is 0.833. The highest BCUT2D eigenvalue weighted by Crippen LogP contribution is 2.14. The fourth-order valence-electron chi connectivity index (χ4n) is 1.37. The van der Waals surface area contributed by atoms with E-state index in [1.54, 1.807) is 12.1 Å². The van der Waals surface area contributed by atoms with Crippen molar-refractivity contribution in [3.05, 3.63) is 51.7 Å². The van der Waals surface area contributed by atoms with E-state index in [-0.39, 0.29) is 10.7 Å². The second-order valence-corrected chi connectivity index (χ2v) is 3.49. The van der Waals surface area contributed by atoms with Crippen LogP contribution in [0.4, 0.5) is 0 Å². The first kappa shape index (κ1) is 10.5. The van der Waals surface area contributed by atoms with Crippen LogP contribution in [0.3, 0.4) is 0 Å². The number of nitrogens with zero attached hydrogens (tertiary/aromatic N) is 1. The van der Waals surface area contributed by atoms with Gasteiger partial charge in [-0.15, -0.1) is 0 Å². The van der Waals surface area contributed by atoms with E-state index in [2.05, 4.69) is 4.98 Å². The molecule has 1 aromatic heterocycles. The van der Waals surface area contributed by atoms with Gasteiger partial charge in [-0.05, 0) is 18.2 Å². The molecule has 0 atom stereocenters. The minimum absolute atomic E-state index is 0.0988. The van der Waals surface area contributed by atoms with Gasteiger partial charge < -0.3 is 10.1 Å². The van der Waals surface area contributed by atoms with Crippen LogP contribution < -0.4 is 5.69 Å². The third-order valence-corrected chi connectivity index (χ3v) is 2.36. The summed E-state index contributed by atoms with van der Waals surface area (Å²) in [5.74, 6) is -1.05. The van der Waals surface area contributed by atoms with Gasteiger partial charge in [-0.25, -0.2) is 9.59 Å². The first-order valence-corrected chi connectivity index (χ1v) is 4.77. The van der Waals surface area contributed by atoms with Gasteiger partial charge in [-0.2, -0.15) is 0 Å². The topological polar surface area (TPSA) is 75.1 Å². The number of aromatic amines is 1. The Morgan fingerprint density at radius 3 is 2.75 bits per heavy atom. The van der Waals surface area contributed by atoms with Crippen molar-refractivity contribution in [3.63, 3.8) is 0 Å². The van der Waals surface area contributed by atoms with E-state index in [0.29, 0.717) is 5.69 Å². The summed E-state index contributed by atoms with van der Waals surface area (Å²) in [5, 5.41) is 9.02. The zero-order valence-electron chi connectivity index (χ0n) is 7.98. The molecule has 2 rings (SSSR count). The number of nitrogens with one attached hydrogen (secondary N) is 1. The fourth-order valence-corrected chi connectivity index (χ4v) is 1.59. The molecule has 0 unspecified atom stereocenters. The Labute approximate surface area is 94.9 Å². The molecule has 0 spiro atoms. The van der Waals surface area contributed by atoms with E-state index in [1.165, 1.54) is 22.9 Å². The SMILES string of the molecule is O=C(O)c1cccc(-n2c(Cl)c[nH]c2=O)c1. The number of H-pyrrole nitrogens is 1. The molecular formula is C10H7ClN2O3. The Balaban J connectivity index is 2.61. The number of aromatic nitrogens is 2. The van der Waals surface area contributed by atoms with Crippen molar-refractivity contribution >= 4 is 17.6 Å². The number of benzene rings is 1. The number of aromatic carboxylic acids is 1. The van der Waals surface area contributed by atoms with Gasteiger partial charge in [0.15, 0.2) is 0 Å². The molecule has 16 heavy (non-hydrogen) atoms. The monoisotopic (exact) mass is 238 g/mol. The molecule has 1 heterocycles. The van der Waals surface area contributed by atoms with Crippen LogP contribution in [-0.2, 0) is 0 Å². The van der Waals surface area contributed by atoms with Crippen LogP contribution in [-0.4, -0.2) is 20.6 Å². The maximum Gasteiger partial charge on any atom is 0.335 e. The Hall–Kier alpha value is -2.01. The molecule has 5 nitrogen and oxygen atoms in total. The first-order valence-electron chi connectivity index (χ1n) is 4.39. The van der Waals surface area contributed by atoms with E-state index in [4.69, 9.17) is 16.7 Å². The summed E-state index contributed by atoms with van der Waals surface area (Å²) < 4.78 is 1.19. The highest BCUT2D eigenvalue weighted by molar-refractivity contribution is 6.29. The van der Waals surface area contributed by atoms with E-state index >= 15 is 0 Å². The lowest BCUT2D eigenvalue weighted by Crippen LogP contribution is -2.15. The van der Waals surface area contributed by atoms with Gasteiger partial charge in [0.1, 0.15) is 5.15 Å². The van der Waals surface area contributed by atoms with Crippen molar-refractivity contribution in [1.82, 2.24) is 9.55 Å². The van der Waals surface area contributed by atoms with Crippen LogP contribution >= 0.6 is 11.6 Å². The van der Waals surface area contributed by atoms with Gasteiger partial charge in [0, 0.05) is 6.20 Å². The van der Waals surface area contributed by atoms with E-state index in [1.807, 2.05) is 0 Å². The van der Waals surface area contributed by atoms with Crippen molar-refractivity contribution in [2.75, 3.05) is 0 Å². The number of halogens is 1. The number of carboxylic acids is 1. The third kappa shape index (κ3) is 1.72. The molecule has 0 saturated heterocycles.